The number of nitrogens with zero attached hydrogens (tertiary/aromatic N) is 7. The second-order valence-electron chi connectivity index (χ2n) is 5.75. The maximum atomic E-state index is 4.54. The number of aryl methyl sites for hydroxylation is 4. The van der Waals surface area contributed by atoms with Gasteiger partial charge in [0.15, 0.2) is 5.82 Å². The van der Waals surface area contributed by atoms with E-state index in [1.54, 1.807) is 0 Å². The molecule has 0 atom stereocenters. The Morgan fingerprint density at radius 3 is 2.75 bits per heavy atom. The second-order valence-corrected chi connectivity index (χ2v) is 5.75. The molecule has 4 aromatic rings. The first-order valence-electron chi connectivity index (χ1n) is 7.92. The summed E-state index contributed by atoms with van der Waals surface area (Å²) >= 11 is 0. The Bertz CT molecular complexity index is 944. The lowest BCUT2D eigenvalue weighted by atomic mass is 10.3. The van der Waals surface area contributed by atoms with E-state index in [-0.39, 0.29) is 0 Å². The van der Waals surface area contributed by atoms with Crippen molar-refractivity contribution >= 4 is 11.0 Å². The van der Waals surface area contributed by atoms with Gasteiger partial charge in [-0.05, 0) is 32.4 Å². The summed E-state index contributed by atoms with van der Waals surface area (Å²) < 4.78 is 3.76. The van der Waals surface area contributed by atoms with Gasteiger partial charge in [-0.1, -0.05) is 17.3 Å². The van der Waals surface area contributed by atoms with E-state index in [0.29, 0.717) is 0 Å². The average molecular weight is 322 g/mol. The van der Waals surface area contributed by atoms with Crippen LogP contribution < -0.4 is 0 Å². The highest BCUT2D eigenvalue weighted by atomic mass is 15.4. The van der Waals surface area contributed by atoms with Gasteiger partial charge >= 0.3 is 0 Å². The highest BCUT2D eigenvalue weighted by Gasteiger charge is 2.09. The zero-order valence-corrected chi connectivity index (χ0v) is 13.6. The highest BCUT2D eigenvalue weighted by molar-refractivity contribution is 5.78. The molecule has 3 heterocycles. The number of hydrogen-bond donors (Lipinski definition) is 1. The fraction of sp³-hybridized carbons (Fsp3) is 0.312. The van der Waals surface area contributed by atoms with Crippen molar-refractivity contribution < 1.29 is 0 Å². The predicted octanol–water partition coefficient (Wildman–Crippen LogP) is 2.12. The largest absolute Gasteiger partial charge is 0.337 e. The van der Waals surface area contributed by atoms with Crippen molar-refractivity contribution in [2.45, 2.75) is 33.4 Å². The normalized spacial score (nSPS) is 11.4. The Balaban J connectivity index is 1.44. The summed E-state index contributed by atoms with van der Waals surface area (Å²) in [6, 6.07) is 7.92. The van der Waals surface area contributed by atoms with E-state index in [0.717, 1.165) is 53.7 Å². The third kappa shape index (κ3) is 2.78. The van der Waals surface area contributed by atoms with E-state index in [1.165, 1.54) is 0 Å². The fourth-order valence-electron chi connectivity index (χ4n) is 2.75. The van der Waals surface area contributed by atoms with Gasteiger partial charge in [0, 0.05) is 13.1 Å². The van der Waals surface area contributed by atoms with E-state index < -0.39 is 0 Å². The van der Waals surface area contributed by atoms with Crippen LogP contribution in [0.5, 0.6) is 0 Å². The van der Waals surface area contributed by atoms with Gasteiger partial charge in [0.1, 0.15) is 17.3 Å². The summed E-state index contributed by atoms with van der Waals surface area (Å²) in [5.41, 5.74) is 2.68. The molecular formula is C16H18N8. The summed E-state index contributed by atoms with van der Waals surface area (Å²) in [6.07, 6.45) is 2.82. The van der Waals surface area contributed by atoms with Crippen LogP contribution in [-0.2, 0) is 13.1 Å². The molecule has 0 saturated carbocycles. The summed E-state index contributed by atoms with van der Waals surface area (Å²) in [7, 11) is 0. The lowest BCUT2D eigenvalue weighted by Crippen LogP contribution is -2.07. The van der Waals surface area contributed by atoms with Crippen LogP contribution >= 0.6 is 0 Å². The monoisotopic (exact) mass is 322 g/mol. The number of rotatable bonds is 5. The third-order valence-corrected chi connectivity index (χ3v) is 3.89. The van der Waals surface area contributed by atoms with Crippen molar-refractivity contribution in [2.24, 2.45) is 0 Å². The number of nitrogens with one attached hydrogen (secondary N) is 1. The number of hydrogen-bond acceptors (Lipinski definition) is 5. The minimum Gasteiger partial charge on any atom is -0.337 e. The predicted molar refractivity (Wildman–Crippen MR) is 89.2 cm³/mol. The molecule has 0 amide bonds. The summed E-state index contributed by atoms with van der Waals surface area (Å²) in [5, 5.41) is 12.8. The fourth-order valence-corrected chi connectivity index (χ4v) is 2.75. The van der Waals surface area contributed by atoms with E-state index >= 15 is 0 Å². The Labute approximate surface area is 138 Å². The van der Waals surface area contributed by atoms with Crippen LogP contribution in [0.4, 0.5) is 0 Å². The molecule has 0 bridgehead atoms. The minimum absolute atomic E-state index is 0.741. The molecule has 0 unspecified atom stereocenters. The minimum atomic E-state index is 0.741. The summed E-state index contributed by atoms with van der Waals surface area (Å²) in [4.78, 5) is 12.1. The molecule has 0 fully saturated rings. The van der Waals surface area contributed by atoms with E-state index in [9.17, 15) is 0 Å². The van der Waals surface area contributed by atoms with Crippen LogP contribution in [0.1, 0.15) is 18.1 Å². The molecule has 0 radical (unpaired) electrons. The number of para-hydroxylation sites is 2. The first-order valence-corrected chi connectivity index (χ1v) is 7.92. The molecule has 1 N–H and O–H groups in total. The quantitative estimate of drug-likeness (QED) is 0.608. The number of fused-ring (bicyclic) bond motifs is 1. The van der Waals surface area contributed by atoms with Crippen molar-refractivity contribution in [3.05, 3.63) is 42.1 Å². The smallest absolute Gasteiger partial charge is 0.160 e. The number of imidazole rings is 1. The molecular weight excluding hydrogens is 304 g/mol. The zero-order valence-electron chi connectivity index (χ0n) is 13.6. The lowest BCUT2D eigenvalue weighted by molar-refractivity contribution is 0.484. The average Bonchev–Trinajstić information content (AvgIpc) is 3.26. The molecule has 24 heavy (non-hydrogen) atoms. The maximum Gasteiger partial charge on any atom is 0.160 e. The molecule has 0 aliphatic heterocycles. The first-order chi connectivity index (χ1) is 11.7. The molecule has 1 aromatic carbocycles. The summed E-state index contributed by atoms with van der Waals surface area (Å²) in [6.45, 7) is 5.45. The van der Waals surface area contributed by atoms with Gasteiger partial charge in [-0.3, -0.25) is 9.36 Å². The van der Waals surface area contributed by atoms with Gasteiger partial charge in [0.25, 0.3) is 0 Å². The Kier molecular flexibility index (Phi) is 3.56. The second kappa shape index (κ2) is 5.88. The van der Waals surface area contributed by atoms with Gasteiger partial charge in [0.2, 0.25) is 0 Å². The third-order valence-electron chi connectivity index (χ3n) is 3.89. The SMILES string of the molecule is Cc1nc(C)n(CCCn2cc(-c3nc4ccccc4[nH]3)nn2)n1. The molecule has 0 spiro atoms. The van der Waals surface area contributed by atoms with Crippen LogP contribution in [0.2, 0.25) is 0 Å². The van der Waals surface area contributed by atoms with Crippen molar-refractivity contribution in [2.75, 3.05) is 0 Å². The lowest BCUT2D eigenvalue weighted by Gasteiger charge is -2.02. The molecule has 4 rings (SSSR count). The molecule has 0 saturated heterocycles. The van der Waals surface area contributed by atoms with Gasteiger partial charge < -0.3 is 4.98 Å². The van der Waals surface area contributed by atoms with Crippen molar-refractivity contribution in [1.29, 1.82) is 0 Å². The summed E-state index contributed by atoms with van der Waals surface area (Å²) in [5.74, 6) is 2.49. The van der Waals surface area contributed by atoms with Crippen molar-refractivity contribution in [3.8, 4) is 11.5 Å². The molecule has 3 aromatic heterocycles. The van der Waals surface area contributed by atoms with E-state index in [2.05, 4.69) is 30.4 Å². The Morgan fingerprint density at radius 1 is 1.08 bits per heavy atom. The van der Waals surface area contributed by atoms with Crippen LogP contribution in [-0.4, -0.2) is 39.7 Å². The van der Waals surface area contributed by atoms with Crippen molar-refractivity contribution in [3.63, 3.8) is 0 Å². The van der Waals surface area contributed by atoms with Crippen LogP contribution in [0.3, 0.4) is 0 Å². The number of benzene rings is 1. The molecule has 8 heteroatoms. The van der Waals surface area contributed by atoms with E-state index in [4.69, 9.17) is 0 Å². The molecule has 122 valence electrons. The molecule has 8 nitrogen and oxygen atoms in total. The van der Waals surface area contributed by atoms with Gasteiger partial charge in [-0.25, -0.2) is 9.97 Å². The van der Waals surface area contributed by atoms with Crippen LogP contribution in [0.25, 0.3) is 22.6 Å². The van der Waals surface area contributed by atoms with Crippen LogP contribution in [0.15, 0.2) is 30.5 Å². The van der Waals surface area contributed by atoms with Crippen LogP contribution in [0, 0.1) is 13.8 Å². The Hall–Kier alpha value is -3.03. The van der Waals surface area contributed by atoms with Gasteiger partial charge in [0.05, 0.1) is 17.2 Å². The maximum absolute atomic E-state index is 4.54. The first kappa shape index (κ1) is 14.6. The standard InChI is InChI=1S/C16H18N8/c1-11-17-12(2)24(21-11)9-5-8-23-10-15(20-22-23)16-18-13-6-3-4-7-14(13)19-16/h3-4,6-7,10H,5,8-9H2,1-2H3,(H,18,19). The molecule has 0 aliphatic carbocycles. The molecule has 0 aliphatic rings. The number of H-pyrrole nitrogens is 1. The van der Waals surface area contributed by atoms with Crippen molar-refractivity contribution in [1.82, 2.24) is 39.7 Å². The van der Waals surface area contributed by atoms with E-state index in [1.807, 2.05) is 53.7 Å². The topological polar surface area (TPSA) is 90.1 Å². The van der Waals surface area contributed by atoms with Gasteiger partial charge in [-0.15, -0.1) is 5.10 Å². The Morgan fingerprint density at radius 2 is 1.96 bits per heavy atom. The zero-order chi connectivity index (χ0) is 16.5. The number of aromatic amines is 1. The highest BCUT2D eigenvalue weighted by Crippen LogP contribution is 2.17. The number of aromatic nitrogens is 8. The van der Waals surface area contributed by atoms with Gasteiger partial charge in [-0.2, -0.15) is 5.10 Å².